The molecule has 1 saturated carbocycles. The van der Waals surface area contributed by atoms with Crippen molar-refractivity contribution in [1.29, 1.82) is 0 Å². The Morgan fingerprint density at radius 3 is 1.95 bits per heavy atom. The molecule has 2 aromatic rings. The van der Waals surface area contributed by atoms with E-state index in [1.165, 1.54) is 9.80 Å². The van der Waals surface area contributed by atoms with Crippen molar-refractivity contribution in [2.75, 3.05) is 13.2 Å². The van der Waals surface area contributed by atoms with Gasteiger partial charge in [0.1, 0.15) is 6.10 Å². The van der Waals surface area contributed by atoms with Gasteiger partial charge in [0.2, 0.25) is 17.7 Å². The molecule has 0 spiro atoms. The number of hydrogen-bond acceptors (Lipinski definition) is 6. The second-order valence-corrected chi connectivity index (χ2v) is 10.3. The molecule has 2 heterocycles. The van der Waals surface area contributed by atoms with Crippen LogP contribution in [0, 0.1) is 5.92 Å². The lowest BCUT2D eigenvalue weighted by atomic mass is 9.88. The van der Waals surface area contributed by atoms with Gasteiger partial charge in [0.15, 0.2) is 0 Å². The van der Waals surface area contributed by atoms with Crippen LogP contribution in [0.4, 0.5) is 0 Å². The van der Waals surface area contributed by atoms with E-state index in [2.05, 4.69) is 0 Å². The molecule has 0 N–H and O–H groups in total. The molecule has 4 amide bonds. The van der Waals surface area contributed by atoms with Crippen LogP contribution in [0.25, 0.3) is 0 Å². The van der Waals surface area contributed by atoms with Crippen molar-refractivity contribution in [3.05, 3.63) is 71.8 Å². The highest BCUT2D eigenvalue weighted by atomic mass is 16.5. The van der Waals surface area contributed by atoms with Gasteiger partial charge in [-0.3, -0.25) is 29.0 Å². The SMILES string of the molecule is O=C1CC(COCc2ccccc2)C(=O)N1C1CCCCC1N1C(=O)CC(OCCc2ccccc2)C1=O. The van der Waals surface area contributed by atoms with Gasteiger partial charge in [0.05, 0.1) is 44.2 Å². The smallest absolute Gasteiger partial charge is 0.259 e. The van der Waals surface area contributed by atoms with Gasteiger partial charge < -0.3 is 9.47 Å². The van der Waals surface area contributed by atoms with Crippen LogP contribution in [0.5, 0.6) is 0 Å². The average Bonchev–Trinajstić information content (AvgIpc) is 3.38. The van der Waals surface area contributed by atoms with Crippen LogP contribution in [0.2, 0.25) is 0 Å². The molecule has 2 saturated heterocycles. The summed E-state index contributed by atoms with van der Waals surface area (Å²) in [4.78, 5) is 55.3. The van der Waals surface area contributed by atoms with E-state index in [1.54, 1.807) is 0 Å². The van der Waals surface area contributed by atoms with E-state index >= 15 is 0 Å². The van der Waals surface area contributed by atoms with E-state index in [1.807, 2.05) is 60.7 Å². The summed E-state index contributed by atoms with van der Waals surface area (Å²) < 4.78 is 11.6. The molecule has 200 valence electrons. The Morgan fingerprint density at radius 1 is 0.711 bits per heavy atom. The number of likely N-dealkylation sites (tertiary alicyclic amines) is 2. The third-order valence-electron chi connectivity index (χ3n) is 7.76. The second kappa shape index (κ2) is 12.0. The lowest BCUT2D eigenvalue weighted by Gasteiger charge is -2.40. The van der Waals surface area contributed by atoms with E-state index in [9.17, 15) is 19.2 Å². The van der Waals surface area contributed by atoms with E-state index in [-0.39, 0.29) is 43.1 Å². The number of ether oxygens (including phenoxy) is 2. The number of carbonyl (C=O) groups is 4. The predicted molar refractivity (Wildman–Crippen MR) is 138 cm³/mol. The minimum Gasteiger partial charge on any atom is -0.376 e. The molecule has 0 bridgehead atoms. The molecule has 1 aliphatic carbocycles. The van der Waals surface area contributed by atoms with Gasteiger partial charge >= 0.3 is 0 Å². The molecule has 3 aliphatic rings. The molecule has 3 fully saturated rings. The van der Waals surface area contributed by atoms with E-state index in [0.29, 0.717) is 32.5 Å². The van der Waals surface area contributed by atoms with Gasteiger partial charge in [-0.1, -0.05) is 73.5 Å². The van der Waals surface area contributed by atoms with Gasteiger partial charge in [-0.05, 0) is 30.4 Å². The van der Waals surface area contributed by atoms with Gasteiger partial charge in [-0.25, -0.2) is 0 Å². The van der Waals surface area contributed by atoms with Gasteiger partial charge in [0.25, 0.3) is 5.91 Å². The first-order valence-electron chi connectivity index (χ1n) is 13.5. The summed E-state index contributed by atoms with van der Waals surface area (Å²) >= 11 is 0. The highest BCUT2D eigenvalue weighted by Crippen LogP contribution is 2.35. The minimum absolute atomic E-state index is 0.00527. The maximum Gasteiger partial charge on any atom is 0.259 e. The summed E-state index contributed by atoms with van der Waals surface area (Å²) in [6, 6.07) is 18.5. The summed E-state index contributed by atoms with van der Waals surface area (Å²) in [6.07, 6.45) is 2.73. The fourth-order valence-electron chi connectivity index (χ4n) is 5.85. The quantitative estimate of drug-likeness (QED) is 0.448. The summed E-state index contributed by atoms with van der Waals surface area (Å²) in [6.45, 7) is 0.864. The zero-order valence-corrected chi connectivity index (χ0v) is 21.5. The van der Waals surface area contributed by atoms with Crippen molar-refractivity contribution in [3.8, 4) is 0 Å². The van der Waals surface area contributed by atoms with Gasteiger partial charge in [-0.15, -0.1) is 0 Å². The summed E-state index contributed by atoms with van der Waals surface area (Å²) in [7, 11) is 0. The molecular weight excluding hydrogens is 484 g/mol. The van der Waals surface area contributed by atoms with Gasteiger partial charge in [0, 0.05) is 6.42 Å². The first-order valence-corrected chi connectivity index (χ1v) is 13.5. The minimum atomic E-state index is -0.821. The summed E-state index contributed by atoms with van der Waals surface area (Å²) in [5.74, 6) is -1.72. The molecule has 8 nitrogen and oxygen atoms in total. The van der Waals surface area contributed by atoms with Crippen LogP contribution in [0.15, 0.2) is 60.7 Å². The number of nitrogens with zero attached hydrogens (tertiary/aromatic N) is 2. The first kappa shape index (κ1) is 26.3. The number of carbonyl (C=O) groups excluding carboxylic acids is 4. The number of benzene rings is 2. The van der Waals surface area contributed by atoms with Crippen LogP contribution in [-0.4, -0.2) is 64.8 Å². The summed E-state index contributed by atoms with van der Waals surface area (Å²) in [5.41, 5.74) is 2.10. The highest BCUT2D eigenvalue weighted by molar-refractivity contribution is 6.06. The Balaban J connectivity index is 1.21. The molecule has 4 atom stereocenters. The number of amides is 4. The molecule has 4 unspecified atom stereocenters. The average molecular weight is 519 g/mol. The molecule has 0 aromatic heterocycles. The maximum absolute atomic E-state index is 13.3. The Labute approximate surface area is 222 Å². The van der Waals surface area contributed by atoms with Crippen molar-refractivity contribution in [3.63, 3.8) is 0 Å². The fraction of sp³-hybridized carbons (Fsp3) is 0.467. The normalized spacial score (nSPS) is 26.0. The van der Waals surface area contributed by atoms with Crippen molar-refractivity contribution in [1.82, 2.24) is 9.80 Å². The van der Waals surface area contributed by atoms with Crippen molar-refractivity contribution in [2.45, 2.75) is 69.7 Å². The highest BCUT2D eigenvalue weighted by Gasteiger charge is 2.51. The largest absolute Gasteiger partial charge is 0.376 e. The topological polar surface area (TPSA) is 93.2 Å². The standard InChI is InChI=1S/C30H34N2O6/c33-27-17-23(20-37-19-22-11-5-2-6-12-22)29(35)31(27)24-13-7-8-14-25(24)32-28(34)18-26(30(32)36)38-16-15-21-9-3-1-4-10-21/h1-6,9-12,23-26H,7-8,13-20H2. The van der Waals surface area contributed by atoms with Crippen LogP contribution in [0.1, 0.15) is 49.7 Å². The van der Waals surface area contributed by atoms with Crippen molar-refractivity contribution in [2.24, 2.45) is 5.92 Å². The van der Waals surface area contributed by atoms with E-state index in [0.717, 1.165) is 24.0 Å². The zero-order chi connectivity index (χ0) is 26.5. The van der Waals surface area contributed by atoms with Crippen LogP contribution < -0.4 is 0 Å². The molecule has 38 heavy (non-hydrogen) atoms. The Bertz CT molecular complexity index is 1060. The zero-order valence-electron chi connectivity index (χ0n) is 21.5. The number of rotatable bonds is 10. The van der Waals surface area contributed by atoms with Gasteiger partial charge in [-0.2, -0.15) is 0 Å². The van der Waals surface area contributed by atoms with Crippen LogP contribution >= 0.6 is 0 Å². The monoisotopic (exact) mass is 518 g/mol. The maximum atomic E-state index is 13.3. The molecule has 0 radical (unpaired) electrons. The van der Waals surface area contributed by atoms with E-state index in [4.69, 9.17) is 9.47 Å². The first-order chi connectivity index (χ1) is 18.5. The summed E-state index contributed by atoms with van der Waals surface area (Å²) in [5, 5.41) is 0. The predicted octanol–water partition coefficient (Wildman–Crippen LogP) is 3.28. The van der Waals surface area contributed by atoms with Crippen molar-refractivity contribution < 1.29 is 28.7 Å². The molecule has 5 rings (SSSR count). The third kappa shape index (κ3) is 5.71. The van der Waals surface area contributed by atoms with Crippen LogP contribution in [-0.2, 0) is 41.7 Å². The van der Waals surface area contributed by atoms with E-state index < -0.39 is 24.1 Å². The number of hydrogen-bond donors (Lipinski definition) is 0. The molecule has 2 aromatic carbocycles. The Morgan fingerprint density at radius 2 is 1.29 bits per heavy atom. The van der Waals surface area contributed by atoms with Crippen LogP contribution in [0.3, 0.4) is 0 Å². The molecular formula is C30H34N2O6. The van der Waals surface area contributed by atoms with Crippen molar-refractivity contribution >= 4 is 23.6 Å². The fourth-order valence-corrected chi connectivity index (χ4v) is 5.85. The lowest BCUT2D eigenvalue weighted by Crippen LogP contribution is -2.57. The Kier molecular flexibility index (Phi) is 8.29. The third-order valence-corrected chi connectivity index (χ3v) is 7.76. The molecule has 8 heteroatoms. The Hall–Kier alpha value is -3.36. The lowest BCUT2D eigenvalue weighted by molar-refractivity contribution is -0.154. The second-order valence-electron chi connectivity index (χ2n) is 10.3. The number of imide groups is 2. The molecule has 2 aliphatic heterocycles.